The number of nitrogens with one attached hydrogen (secondary N) is 1. The van der Waals surface area contributed by atoms with Gasteiger partial charge in [0.2, 0.25) is 0 Å². The van der Waals surface area contributed by atoms with Crippen molar-refractivity contribution in [2.24, 2.45) is 0 Å². The van der Waals surface area contributed by atoms with Crippen molar-refractivity contribution >= 4 is 11.4 Å². The van der Waals surface area contributed by atoms with Crippen LogP contribution in [0, 0.1) is 10.1 Å². The van der Waals surface area contributed by atoms with Crippen molar-refractivity contribution in [3.63, 3.8) is 0 Å². The van der Waals surface area contributed by atoms with Crippen molar-refractivity contribution in [2.75, 3.05) is 44.8 Å². The fourth-order valence-corrected chi connectivity index (χ4v) is 4.04. The zero-order chi connectivity index (χ0) is 18.4. The predicted octanol–water partition coefficient (Wildman–Crippen LogP) is 3.44. The minimum atomic E-state index is -0.400. The molecule has 0 spiro atoms. The second-order valence-corrected chi connectivity index (χ2v) is 7.11. The summed E-state index contributed by atoms with van der Waals surface area (Å²) in [5.74, 6) is 0.321. The van der Waals surface area contributed by atoms with Crippen LogP contribution in [0.15, 0.2) is 18.2 Å². The van der Waals surface area contributed by atoms with Gasteiger partial charge >= 0.3 is 5.69 Å². The summed E-state index contributed by atoms with van der Waals surface area (Å²) < 4.78 is 11.1. The Hall–Kier alpha value is -1.86. The summed E-state index contributed by atoms with van der Waals surface area (Å²) >= 11 is 0. The van der Waals surface area contributed by atoms with Crippen LogP contribution >= 0.6 is 0 Å². The predicted molar refractivity (Wildman–Crippen MR) is 101 cm³/mol. The Balaban J connectivity index is 1.74. The van der Waals surface area contributed by atoms with E-state index in [1.54, 1.807) is 12.1 Å². The van der Waals surface area contributed by atoms with Crippen LogP contribution in [0.2, 0.25) is 0 Å². The summed E-state index contributed by atoms with van der Waals surface area (Å²) in [6.07, 6.45) is 5.87. The first kappa shape index (κ1) is 18.9. The Kier molecular flexibility index (Phi) is 6.32. The molecule has 7 heteroatoms. The number of anilines is 1. The lowest BCUT2D eigenvalue weighted by Gasteiger charge is -2.48. The van der Waals surface area contributed by atoms with E-state index < -0.39 is 4.92 Å². The summed E-state index contributed by atoms with van der Waals surface area (Å²) in [4.78, 5) is 13.4. The highest BCUT2D eigenvalue weighted by Gasteiger charge is 2.38. The number of piperidine rings is 1. The third-order valence-electron chi connectivity index (χ3n) is 5.53. The van der Waals surface area contributed by atoms with Crippen molar-refractivity contribution < 1.29 is 14.4 Å². The molecule has 0 bridgehead atoms. The van der Waals surface area contributed by atoms with Gasteiger partial charge in [0.05, 0.1) is 11.5 Å². The van der Waals surface area contributed by atoms with Crippen LogP contribution in [0.25, 0.3) is 0 Å². The maximum atomic E-state index is 11.2. The van der Waals surface area contributed by atoms with Gasteiger partial charge in [0, 0.05) is 43.1 Å². The van der Waals surface area contributed by atoms with E-state index in [2.05, 4.69) is 10.2 Å². The van der Waals surface area contributed by atoms with E-state index in [4.69, 9.17) is 9.47 Å². The minimum absolute atomic E-state index is 0.00853. The number of rotatable bonds is 7. The largest absolute Gasteiger partial charge is 0.487 e. The van der Waals surface area contributed by atoms with Gasteiger partial charge in [0.1, 0.15) is 0 Å². The average Bonchev–Trinajstić information content (AvgIpc) is 2.68. The van der Waals surface area contributed by atoms with E-state index in [0.717, 1.165) is 51.4 Å². The van der Waals surface area contributed by atoms with Gasteiger partial charge in [-0.3, -0.25) is 15.0 Å². The molecule has 7 nitrogen and oxygen atoms in total. The van der Waals surface area contributed by atoms with Gasteiger partial charge in [-0.05, 0) is 51.8 Å². The van der Waals surface area contributed by atoms with E-state index in [1.807, 2.05) is 6.92 Å². The molecule has 2 fully saturated rings. The molecule has 0 amide bonds. The van der Waals surface area contributed by atoms with E-state index in [9.17, 15) is 10.1 Å². The lowest BCUT2D eigenvalue weighted by Crippen LogP contribution is -2.57. The van der Waals surface area contributed by atoms with Gasteiger partial charge in [-0.25, -0.2) is 0 Å². The van der Waals surface area contributed by atoms with Crippen LogP contribution in [-0.2, 0) is 4.74 Å². The zero-order valence-corrected chi connectivity index (χ0v) is 15.5. The Morgan fingerprint density at radius 2 is 2.00 bits per heavy atom. The van der Waals surface area contributed by atoms with E-state index >= 15 is 0 Å². The molecule has 2 aliphatic rings. The first-order valence-corrected chi connectivity index (χ1v) is 9.62. The monoisotopic (exact) mass is 363 g/mol. The molecule has 0 aliphatic carbocycles. The number of nitro benzene ring substituents is 1. The third-order valence-corrected chi connectivity index (χ3v) is 5.53. The lowest BCUT2D eigenvalue weighted by molar-refractivity contribution is -0.385. The van der Waals surface area contributed by atoms with Gasteiger partial charge in [-0.15, -0.1) is 0 Å². The van der Waals surface area contributed by atoms with Crippen LogP contribution < -0.4 is 10.1 Å². The van der Waals surface area contributed by atoms with Crippen molar-refractivity contribution in [3.05, 3.63) is 28.3 Å². The summed E-state index contributed by atoms with van der Waals surface area (Å²) in [5.41, 5.74) is 0.975. The number of benzene rings is 1. The molecule has 2 saturated heterocycles. The van der Waals surface area contributed by atoms with Crippen molar-refractivity contribution in [3.8, 4) is 5.75 Å². The SMILES string of the molecule is CCOc1cc(NCC2(N3CCCCC3)CCOCC2)ccc1[N+](=O)[O-]. The average molecular weight is 363 g/mol. The fourth-order valence-electron chi connectivity index (χ4n) is 4.04. The van der Waals surface area contributed by atoms with Crippen molar-refractivity contribution in [1.29, 1.82) is 0 Å². The first-order valence-electron chi connectivity index (χ1n) is 9.62. The van der Waals surface area contributed by atoms with Crippen LogP contribution in [-0.4, -0.2) is 54.8 Å². The quantitative estimate of drug-likeness (QED) is 0.591. The molecule has 144 valence electrons. The number of nitrogens with zero attached hydrogens (tertiary/aromatic N) is 2. The van der Waals surface area contributed by atoms with E-state index in [1.165, 1.54) is 25.3 Å². The first-order chi connectivity index (χ1) is 12.6. The number of hydrogen-bond acceptors (Lipinski definition) is 6. The van der Waals surface area contributed by atoms with Gasteiger partial charge < -0.3 is 14.8 Å². The van der Waals surface area contributed by atoms with Gasteiger partial charge in [0.25, 0.3) is 0 Å². The van der Waals surface area contributed by atoms with Crippen LogP contribution in [0.3, 0.4) is 0 Å². The number of likely N-dealkylation sites (tertiary alicyclic amines) is 1. The lowest BCUT2D eigenvalue weighted by atomic mass is 9.86. The molecule has 1 N–H and O–H groups in total. The molecular weight excluding hydrogens is 334 g/mol. The molecule has 3 rings (SSSR count). The molecule has 26 heavy (non-hydrogen) atoms. The van der Waals surface area contributed by atoms with Gasteiger partial charge in [-0.1, -0.05) is 6.42 Å². The summed E-state index contributed by atoms with van der Waals surface area (Å²) in [6, 6.07) is 5.03. The molecule has 0 atom stereocenters. The maximum Gasteiger partial charge on any atom is 0.311 e. The molecule has 1 aromatic rings. The second-order valence-electron chi connectivity index (χ2n) is 7.11. The van der Waals surface area contributed by atoms with Crippen molar-refractivity contribution in [2.45, 2.75) is 44.6 Å². The van der Waals surface area contributed by atoms with Crippen LogP contribution in [0.1, 0.15) is 39.0 Å². The Morgan fingerprint density at radius 3 is 2.65 bits per heavy atom. The molecule has 1 aromatic carbocycles. The Morgan fingerprint density at radius 1 is 1.27 bits per heavy atom. The van der Waals surface area contributed by atoms with Crippen molar-refractivity contribution in [1.82, 2.24) is 4.90 Å². The number of ether oxygens (including phenoxy) is 2. The number of hydrogen-bond donors (Lipinski definition) is 1. The van der Waals surface area contributed by atoms with Crippen LogP contribution in [0.5, 0.6) is 5.75 Å². The van der Waals surface area contributed by atoms with Gasteiger partial charge in [-0.2, -0.15) is 0 Å². The molecule has 0 unspecified atom stereocenters. The summed E-state index contributed by atoms with van der Waals surface area (Å²) in [7, 11) is 0. The molecule has 2 aliphatic heterocycles. The summed E-state index contributed by atoms with van der Waals surface area (Å²) in [6.45, 7) is 6.93. The fraction of sp³-hybridized carbons (Fsp3) is 0.684. The minimum Gasteiger partial charge on any atom is -0.487 e. The summed E-state index contributed by atoms with van der Waals surface area (Å²) in [5, 5.41) is 14.7. The standard InChI is InChI=1S/C19H29N3O4/c1-2-26-18-14-16(6-7-17(18)22(23)24)20-15-19(8-12-25-13-9-19)21-10-4-3-5-11-21/h6-7,14,20H,2-5,8-13,15H2,1H3. The Labute approximate surface area is 154 Å². The smallest absolute Gasteiger partial charge is 0.311 e. The normalized spacial score (nSPS) is 20.5. The highest BCUT2D eigenvalue weighted by molar-refractivity contribution is 5.58. The van der Waals surface area contributed by atoms with E-state index in [0.29, 0.717) is 12.4 Å². The van der Waals surface area contributed by atoms with E-state index in [-0.39, 0.29) is 11.2 Å². The maximum absolute atomic E-state index is 11.2. The van der Waals surface area contributed by atoms with Crippen LogP contribution in [0.4, 0.5) is 11.4 Å². The highest BCUT2D eigenvalue weighted by atomic mass is 16.6. The molecular formula is C19H29N3O4. The molecule has 0 aromatic heterocycles. The molecule has 0 saturated carbocycles. The molecule has 0 radical (unpaired) electrons. The Bertz CT molecular complexity index is 611. The molecule has 2 heterocycles. The second kappa shape index (κ2) is 8.68. The van der Waals surface area contributed by atoms with Gasteiger partial charge in [0.15, 0.2) is 5.75 Å². The zero-order valence-electron chi connectivity index (χ0n) is 15.5. The highest BCUT2D eigenvalue weighted by Crippen LogP contribution is 2.33. The third kappa shape index (κ3) is 4.27. The topological polar surface area (TPSA) is 76.9 Å². The number of nitro groups is 1.